The van der Waals surface area contributed by atoms with Gasteiger partial charge in [-0.2, -0.15) is 4.90 Å². The fourth-order valence-electron chi connectivity index (χ4n) is 1.22. The Bertz CT molecular complexity index is 476. The van der Waals surface area contributed by atoms with E-state index in [2.05, 4.69) is 4.98 Å². The summed E-state index contributed by atoms with van der Waals surface area (Å²) in [4.78, 5) is 4.62. The number of benzene rings is 1. The molecule has 1 radical (unpaired) electrons. The standard InChI is InChI=1S/C9H8N2OS.Os/c10-6-4-7(13)5-2-1-3-11-8(5)9(6)12;/h1-4,12-13H,10H2;/q;+1/p-1. The minimum atomic E-state index is 0. The number of nitrogens with two attached hydrogens (primary N) is 1. The molecule has 0 saturated heterocycles. The number of phenolic OH excluding ortho intramolecular Hbond substituents is 1. The quantitative estimate of drug-likeness (QED) is 0.412. The summed E-state index contributed by atoms with van der Waals surface area (Å²) in [6.45, 7) is 0. The molecular weight excluding hydrogens is 374 g/mol. The van der Waals surface area contributed by atoms with Crippen molar-refractivity contribution >= 4 is 29.2 Å². The molecule has 0 aliphatic heterocycles. The molecule has 2 aromatic rings. The maximum absolute atomic E-state index is 9.55. The molecule has 5 heteroatoms. The number of rotatable bonds is 0. The van der Waals surface area contributed by atoms with E-state index in [0.717, 1.165) is 5.39 Å². The molecule has 0 bridgehead atoms. The second kappa shape index (κ2) is 4.08. The number of hydrogen-bond donors (Lipinski definition) is 2. The van der Waals surface area contributed by atoms with Gasteiger partial charge in [-0.25, -0.2) is 0 Å². The third-order valence-electron chi connectivity index (χ3n) is 1.86. The minimum absolute atomic E-state index is 0. The van der Waals surface area contributed by atoms with Crippen LogP contribution in [0.1, 0.15) is 0 Å². The predicted molar refractivity (Wildman–Crippen MR) is 53.5 cm³/mol. The largest absolute Gasteiger partial charge is 1.00 e. The maximum Gasteiger partial charge on any atom is 1.00 e. The van der Waals surface area contributed by atoms with E-state index in [4.69, 9.17) is 18.4 Å². The van der Waals surface area contributed by atoms with Crippen molar-refractivity contribution in [1.29, 1.82) is 0 Å². The van der Waals surface area contributed by atoms with E-state index in [1.165, 1.54) is 0 Å². The average molecular weight is 381 g/mol. The van der Waals surface area contributed by atoms with Crippen molar-refractivity contribution in [2.75, 3.05) is 5.73 Å². The Morgan fingerprint density at radius 3 is 2.86 bits per heavy atom. The molecule has 0 amide bonds. The van der Waals surface area contributed by atoms with Crippen molar-refractivity contribution in [3.05, 3.63) is 24.4 Å². The Kier molecular flexibility index (Phi) is 3.25. The van der Waals surface area contributed by atoms with Crippen LogP contribution in [0, 0.1) is 0 Å². The smallest absolute Gasteiger partial charge is 0.779 e. The van der Waals surface area contributed by atoms with Crippen LogP contribution in [0.4, 0.5) is 5.69 Å². The molecular formula is C9H7N2OOsS. The zero-order valence-corrected chi connectivity index (χ0v) is 10.4. The number of aromatic hydroxyl groups is 1. The summed E-state index contributed by atoms with van der Waals surface area (Å²) >= 11 is 5.07. The van der Waals surface area contributed by atoms with Gasteiger partial charge in [-0.1, -0.05) is 12.1 Å². The van der Waals surface area contributed by atoms with Gasteiger partial charge in [-0.05, 0) is 11.5 Å². The van der Waals surface area contributed by atoms with Crippen LogP contribution >= 0.6 is 0 Å². The molecule has 2 rings (SSSR count). The van der Waals surface area contributed by atoms with Crippen LogP contribution in [0.5, 0.6) is 5.75 Å². The second-order valence-corrected chi connectivity index (χ2v) is 3.15. The van der Waals surface area contributed by atoms with Crippen LogP contribution in [0.25, 0.3) is 10.9 Å². The van der Waals surface area contributed by atoms with Gasteiger partial charge in [0, 0.05) is 6.20 Å². The molecule has 3 nitrogen and oxygen atoms in total. The Labute approximate surface area is 99.8 Å². The summed E-state index contributed by atoms with van der Waals surface area (Å²) in [6.07, 6.45) is 1.59. The van der Waals surface area contributed by atoms with Crippen LogP contribution in [-0.2, 0) is 32.4 Å². The molecule has 3 N–H and O–H groups in total. The zero-order chi connectivity index (χ0) is 9.42. The Balaban J connectivity index is 0.000000980. The van der Waals surface area contributed by atoms with Gasteiger partial charge < -0.3 is 23.5 Å². The van der Waals surface area contributed by atoms with Crippen molar-refractivity contribution in [2.45, 2.75) is 4.90 Å². The van der Waals surface area contributed by atoms with Crippen LogP contribution in [0.3, 0.4) is 0 Å². The third kappa shape index (κ3) is 1.66. The van der Waals surface area contributed by atoms with Gasteiger partial charge >= 0.3 is 19.8 Å². The van der Waals surface area contributed by atoms with E-state index in [1.807, 2.05) is 6.07 Å². The van der Waals surface area contributed by atoms with Crippen LogP contribution in [0.2, 0.25) is 0 Å². The third-order valence-corrected chi connectivity index (χ3v) is 2.20. The average Bonchev–Trinajstić information content (AvgIpc) is 2.15. The van der Waals surface area contributed by atoms with Crippen LogP contribution < -0.4 is 5.73 Å². The number of pyridine rings is 1. The number of nitrogens with zero attached hydrogens (tertiary/aromatic N) is 1. The van der Waals surface area contributed by atoms with E-state index >= 15 is 0 Å². The molecule has 0 saturated carbocycles. The Hall–Kier alpha value is -0.914. The van der Waals surface area contributed by atoms with E-state index in [0.29, 0.717) is 10.4 Å². The van der Waals surface area contributed by atoms with Gasteiger partial charge in [0.2, 0.25) is 0 Å². The SMILES string of the molecule is Nc1cc([S-])c2cccnc2c1O.[Os+]. The van der Waals surface area contributed by atoms with Gasteiger partial charge in [0.15, 0.2) is 5.75 Å². The monoisotopic (exact) mass is 383 g/mol. The fourth-order valence-corrected chi connectivity index (χ4v) is 1.51. The fraction of sp³-hybridized carbons (Fsp3) is 0. The first-order chi connectivity index (χ1) is 6.20. The second-order valence-electron chi connectivity index (χ2n) is 2.71. The molecule has 1 aromatic carbocycles. The van der Waals surface area contributed by atoms with Gasteiger partial charge in [-0.3, -0.25) is 4.98 Å². The summed E-state index contributed by atoms with van der Waals surface area (Å²) in [7, 11) is 0. The minimum Gasteiger partial charge on any atom is -0.779 e. The number of hydrogen-bond acceptors (Lipinski definition) is 4. The maximum atomic E-state index is 9.55. The molecule has 1 heterocycles. The Morgan fingerprint density at radius 1 is 1.43 bits per heavy atom. The first-order valence-electron chi connectivity index (χ1n) is 3.73. The molecule has 0 fully saturated rings. The number of anilines is 1. The Morgan fingerprint density at radius 2 is 2.14 bits per heavy atom. The van der Waals surface area contributed by atoms with E-state index in [-0.39, 0.29) is 31.2 Å². The van der Waals surface area contributed by atoms with Crippen molar-refractivity contribution in [1.82, 2.24) is 4.98 Å². The number of aromatic nitrogens is 1. The molecule has 0 atom stereocenters. The molecule has 1 aromatic heterocycles. The van der Waals surface area contributed by atoms with E-state index in [9.17, 15) is 5.11 Å². The van der Waals surface area contributed by atoms with Crippen molar-refractivity contribution in [3.8, 4) is 5.75 Å². The topological polar surface area (TPSA) is 59.1 Å². The number of fused-ring (bicyclic) bond motifs is 1. The summed E-state index contributed by atoms with van der Waals surface area (Å²) < 4.78 is 0. The van der Waals surface area contributed by atoms with Gasteiger partial charge in [0.05, 0.1) is 5.69 Å². The number of phenols is 1. The van der Waals surface area contributed by atoms with E-state index < -0.39 is 0 Å². The summed E-state index contributed by atoms with van der Waals surface area (Å²) in [5.41, 5.74) is 6.27. The molecule has 0 aliphatic carbocycles. The normalized spacial score (nSPS) is 9.71. The molecule has 0 aliphatic rings. The predicted octanol–water partition coefficient (Wildman–Crippen LogP) is 1.43. The molecule has 73 valence electrons. The van der Waals surface area contributed by atoms with E-state index in [1.54, 1.807) is 18.3 Å². The summed E-state index contributed by atoms with van der Waals surface area (Å²) in [6, 6.07) is 5.15. The first kappa shape index (κ1) is 11.2. The van der Waals surface area contributed by atoms with Crippen molar-refractivity contribution in [3.63, 3.8) is 0 Å². The van der Waals surface area contributed by atoms with Crippen molar-refractivity contribution < 1.29 is 24.9 Å². The van der Waals surface area contributed by atoms with Gasteiger partial charge in [-0.15, -0.1) is 0 Å². The van der Waals surface area contributed by atoms with Crippen LogP contribution in [0.15, 0.2) is 29.3 Å². The van der Waals surface area contributed by atoms with Crippen LogP contribution in [-0.4, -0.2) is 10.1 Å². The molecule has 0 unspecified atom stereocenters. The summed E-state index contributed by atoms with van der Waals surface area (Å²) in [5.74, 6) is 0.00389. The first-order valence-corrected chi connectivity index (χ1v) is 4.14. The van der Waals surface area contributed by atoms with Gasteiger partial charge in [0.1, 0.15) is 5.52 Å². The van der Waals surface area contributed by atoms with Crippen molar-refractivity contribution in [2.24, 2.45) is 0 Å². The summed E-state index contributed by atoms with van der Waals surface area (Å²) in [5, 5.41) is 10.3. The molecule has 14 heavy (non-hydrogen) atoms. The molecule has 0 spiro atoms. The number of nitrogen functional groups attached to an aromatic ring is 1. The zero-order valence-electron chi connectivity index (χ0n) is 7.04. The van der Waals surface area contributed by atoms with Gasteiger partial charge in [0.25, 0.3) is 0 Å².